The lowest BCUT2D eigenvalue weighted by molar-refractivity contribution is 0.0922. The molecule has 26 heavy (non-hydrogen) atoms. The van der Waals surface area contributed by atoms with E-state index >= 15 is 0 Å². The van der Waals surface area contributed by atoms with Gasteiger partial charge in [-0.25, -0.2) is 4.68 Å². The van der Waals surface area contributed by atoms with Gasteiger partial charge < -0.3 is 5.32 Å². The Hall–Kier alpha value is -2.96. The highest BCUT2D eigenvalue weighted by Crippen LogP contribution is 2.31. The fourth-order valence-electron chi connectivity index (χ4n) is 3.62. The summed E-state index contributed by atoms with van der Waals surface area (Å²) in [5.74, 6) is -0.0815. The normalized spacial score (nSPS) is 16.3. The van der Waals surface area contributed by atoms with Crippen molar-refractivity contribution in [3.63, 3.8) is 0 Å². The largest absolute Gasteiger partial charge is 0.344 e. The second-order valence-electron chi connectivity index (χ2n) is 6.57. The van der Waals surface area contributed by atoms with Gasteiger partial charge in [0, 0.05) is 30.2 Å². The van der Waals surface area contributed by atoms with Crippen LogP contribution in [0.25, 0.3) is 5.69 Å². The van der Waals surface area contributed by atoms with E-state index in [1.807, 2.05) is 42.9 Å². The predicted molar refractivity (Wildman–Crippen MR) is 97.1 cm³/mol. The lowest BCUT2D eigenvalue weighted by Crippen LogP contribution is -2.32. The lowest BCUT2D eigenvalue weighted by Gasteiger charge is -2.24. The number of aromatic nitrogens is 5. The third-order valence-corrected chi connectivity index (χ3v) is 4.83. The van der Waals surface area contributed by atoms with Crippen LogP contribution in [-0.4, -0.2) is 30.5 Å². The van der Waals surface area contributed by atoms with Gasteiger partial charge in [-0.2, -0.15) is 10.2 Å². The smallest absolute Gasteiger partial charge is 0.270 e. The minimum atomic E-state index is -0.0815. The van der Waals surface area contributed by atoms with E-state index in [-0.39, 0.29) is 11.9 Å². The van der Waals surface area contributed by atoms with E-state index in [1.165, 1.54) is 0 Å². The van der Waals surface area contributed by atoms with Gasteiger partial charge in [0.05, 0.1) is 23.6 Å². The Balaban J connectivity index is 1.61. The second kappa shape index (κ2) is 6.74. The summed E-state index contributed by atoms with van der Waals surface area (Å²) in [6.45, 7) is 4.56. The Kier molecular flexibility index (Phi) is 4.28. The number of pyridine rings is 1. The first kappa shape index (κ1) is 16.5. The summed E-state index contributed by atoms with van der Waals surface area (Å²) in [6.07, 6.45) is 8.29. The van der Waals surface area contributed by atoms with Gasteiger partial charge in [0.25, 0.3) is 5.91 Å². The van der Waals surface area contributed by atoms with Gasteiger partial charge in [-0.1, -0.05) is 0 Å². The first-order valence-electron chi connectivity index (χ1n) is 9.00. The number of amides is 1. The highest BCUT2D eigenvalue weighted by atomic mass is 16.2. The van der Waals surface area contributed by atoms with E-state index in [9.17, 15) is 4.79 Å². The fraction of sp³-hybridized carbons (Fsp3) is 0.368. The minimum Gasteiger partial charge on any atom is -0.344 e. The quantitative estimate of drug-likeness (QED) is 0.784. The van der Waals surface area contributed by atoms with Gasteiger partial charge in [-0.3, -0.25) is 14.5 Å². The Morgan fingerprint density at radius 2 is 2.15 bits per heavy atom. The van der Waals surface area contributed by atoms with Crippen LogP contribution in [0.3, 0.4) is 0 Å². The van der Waals surface area contributed by atoms with Crippen molar-refractivity contribution in [1.82, 2.24) is 29.9 Å². The molecule has 1 N–H and O–H groups in total. The molecule has 0 fully saturated rings. The molecule has 0 saturated carbocycles. The van der Waals surface area contributed by atoms with Crippen molar-refractivity contribution >= 4 is 5.91 Å². The topological polar surface area (TPSA) is 77.6 Å². The van der Waals surface area contributed by atoms with Crippen molar-refractivity contribution in [2.45, 2.75) is 45.7 Å². The van der Waals surface area contributed by atoms with Crippen molar-refractivity contribution < 1.29 is 4.79 Å². The summed E-state index contributed by atoms with van der Waals surface area (Å²) in [7, 11) is 0. The van der Waals surface area contributed by atoms with Gasteiger partial charge >= 0.3 is 0 Å². The van der Waals surface area contributed by atoms with Crippen LogP contribution in [0, 0.1) is 6.92 Å². The molecule has 0 radical (unpaired) electrons. The zero-order valence-electron chi connectivity index (χ0n) is 15.0. The molecular weight excluding hydrogens is 328 g/mol. The molecule has 4 rings (SSSR count). The maximum Gasteiger partial charge on any atom is 0.270 e. The number of fused-ring (bicyclic) bond motifs is 1. The number of hydrogen-bond donors (Lipinski definition) is 1. The number of carbonyl (C=O) groups excluding carboxylic acids is 1. The molecule has 0 aromatic carbocycles. The summed E-state index contributed by atoms with van der Waals surface area (Å²) in [4.78, 5) is 16.9. The average molecular weight is 350 g/mol. The van der Waals surface area contributed by atoms with E-state index in [0.29, 0.717) is 12.2 Å². The average Bonchev–Trinajstić information content (AvgIpc) is 3.26. The summed E-state index contributed by atoms with van der Waals surface area (Å²) in [5, 5.41) is 12.1. The summed E-state index contributed by atoms with van der Waals surface area (Å²) in [5.41, 5.74) is 4.71. The number of nitrogens with one attached hydrogen (secondary N) is 1. The van der Waals surface area contributed by atoms with Crippen molar-refractivity contribution in [2.75, 3.05) is 0 Å². The molecule has 0 unspecified atom stereocenters. The van der Waals surface area contributed by atoms with Crippen LogP contribution in [0.1, 0.15) is 53.2 Å². The minimum absolute atomic E-state index is 0.0256. The number of hydrogen-bond acceptors (Lipinski definition) is 4. The molecule has 0 spiro atoms. The Bertz CT molecular complexity index is 927. The van der Waals surface area contributed by atoms with Crippen LogP contribution in [0.5, 0.6) is 0 Å². The van der Waals surface area contributed by atoms with Crippen molar-refractivity contribution in [2.24, 2.45) is 0 Å². The predicted octanol–water partition coefficient (Wildman–Crippen LogP) is 2.60. The SMILES string of the molecule is CCn1nc(C)cc1C(=O)N[C@@H]1CCCc2c1cnn2-c1ccncc1. The van der Waals surface area contributed by atoms with Crippen molar-refractivity contribution in [3.8, 4) is 5.69 Å². The highest BCUT2D eigenvalue weighted by molar-refractivity contribution is 5.93. The van der Waals surface area contributed by atoms with E-state index < -0.39 is 0 Å². The number of carbonyl (C=O) groups is 1. The maximum absolute atomic E-state index is 12.8. The molecule has 3 aromatic heterocycles. The van der Waals surface area contributed by atoms with Gasteiger partial charge in [0.15, 0.2) is 0 Å². The van der Waals surface area contributed by atoms with Crippen LogP contribution in [-0.2, 0) is 13.0 Å². The van der Waals surface area contributed by atoms with Crippen LogP contribution < -0.4 is 5.32 Å². The molecule has 0 bridgehead atoms. The third-order valence-electron chi connectivity index (χ3n) is 4.83. The van der Waals surface area contributed by atoms with Crippen molar-refractivity contribution in [1.29, 1.82) is 0 Å². The van der Waals surface area contributed by atoms with Gasteiger partial charge in [0.1, 0.15) is 5.69 Å². The molecule has 7 heteroatoms. The molecule has 3 heterocycles. The summed E-state index contributed by atoms with van der Waals surface area (Å²) in [6, 6.07) is 5.70. The number of nitrogens with zero attached hydrogens (tertiary/aromatic N) is 5. The van der Waals surface area contributed by atoms with Gasteiger partial charge in [-0.05, 0) is 51.3 Å². The third kappa shape index (κ3) is 2.89. The second-order valence-corrected chi connectivity index (χ2v) is 6.57. The first-order valence-corrected chi connectivity index (χ1v) is 9.00. The Morgan fingerprint density at radius 3 is 2.92 bits per heavy atom. The zero-order chi connectivity index (χ0) is 18.1. The molecular formula is C19H22N6O. The van der Waals surface area contributed by atoms with Gasteiger partial charge in [-0.15, -0.1) is 0 Å². The summed E-state index contributed by atoms with van der Waals surface area (Å²) >= 11 is 0. The van der Waals surface area contributed by atoms with Crippen LogP contribution in [0.15, 0.2) is 36.8 Å². The number of rotatable bonds is 4. The van der Waals surface area contributed by atoms with E-state index in [0.717, 1.165) is 41.9 Å². The molecule has 7 nitrogen and oxygen atoms in total. The summed E-state index contributed by atoms with van der Waals surface area (Å²) < 4.78 is 3.70. The maximum atomic E-state index is 12.8. The van der Waals surface area contributed by atoms with E-state index in [2.05, 4.69) is 20.5 Å². The van der Waals surface area contributed by atoms with E-state index in [4.69, 9.17) is 0 Å². The first-order chi connectivity index (χ1) is 12.7. The standard InChI is InChI=1S/C19H22N6O/c1-3-24-18(11-13(2)23-24)19(26)22-16-5-4-6-17-15(16)12-21-25(17)14-7-9-20-10-8-14/h7-12,16H,3-6H2,1-2H3,(H,22,26)/t16-/m1/s1. The Labute approximate surface area is 152 Å². The van der Waals surface area contributed by atoms with E-state index in [1.54, 1.807) is 17.1 Å². The fourth-order valence-corrected chi connectivity index (χ4v) is 3.62. The van der Waals surface area contributed by atoms with Gasteiger partial charge in [0.2, 0.25) is 0 Å². The number of aryl methyl sites for hydroxylation is 2. The molecule has 1 atom stereocenters. The molecule has 1 aliphatic carbocycles. The van der Waals surface area contributed by atoms with Crippen LogP contribution in [0.4, 0.5) is 0 Å². The lowest BCUT2D eigenvalue weighted by atomic mass is 9.92. The molecule has 3 aromatic rings. The Morgan fingerprint density at radius 1 is 1.35 bits per heavy atom. The molecule has 1 amide bonds. The van der Waals surface area contributed by atoms with Crippen LogP contribution in [0.2, 0.25) is 0 Å². The molecule has 134 valence electrons. The molecule has 0 aliphatic heterocycles. The molecule has 1 aliphatic rings. The molecule has 0 saturated heterocycles. The van der Waals surface area contributed by atoms with Crippen molar-refractivity contribution in [3.05, 3.63) is 59.4 Å². The highest BCUT2D eigenvalue weighted by Gasteiger charge is 2.27. The van der Waals surface area contributed by atoms with Crippen LogP contribution >= 0.6 is 0 Å². The zero-order valence-corrected chi connectivity index (χ0v) is 15.0. The monoisotopic (exact) mass is 350 g/mol.